The van der Waals surface area contributed by atoms with Gasteiger partial charge in [0.25, 0.3) is 0 Å². The molecule has 0 radical (unpaired) electrons. The van der Waals surface area contributed by atoms with Gasteiger partial charge in [-0.2, -0.15) is 5.10 Å². The summed E-state index contributed by atoms with van der Waals surface area (Å²) in [5.74, 6) is 0.733. The first-order valence-corrected chi connectivity index (χ1v) is 5.69. The minimum Gasteiger partial charge on any atom is -0.317 e. The Kier molecular flexibility index (Phi) is 4.33. The van der Waals surface area contributed by atoms with E-state index in [1.165, 1.54) is 12.1 Å². The monoisotopic (exact) mass is 209 g/mol. The van der Waals surface area contributed by atoms with Gasteiger partial charge in [0.2, 0.25) is 0 Å². The van der Waals surface area contributed by atoms with E-state index in [0.717, 1.165) is 18.0 Å². The van der Waals surface area contributed by atoms with Gasteiger partial charge in [-0.25, -0.2) is 0 Å². The lowest BCUT2D eigenvalue weighted by Gasteiger charge is -2.18. The van der Waals surface area contributed by atoms with Gasteiger partial charge < -0.3 is 5.32 Å². The van der Waals surface area contributed by atoms with Crippen molar-refractivity contribution in [3.8, 4) is 0 Å². The van der Waals surface area contributed by atoms with Crippen molar-refractivity contribution in [1.29, 1.82) is 0 Å². The molecule has 0 bridgehead atoms. The van der Waals surface area contributed by atoms with Crippen LogP contribution in [-0.4, -0.2) is 22.9 Å². The summed E-state index contributed by atoms with van der Waals surface area (Å²) in [4.78, 5) is 0. The molecule has 0 aromatic carbocycles. The number of aromatic nitrogens is 2. The normalized spacial score (nSPS) is 13.5. The maximum absolute atomic E-state index is 4.37. The van der Waals surface area contributed by atoms with E-state index in [2.05, 4.69) is 30.3 Å². The smallest absolute Gasteiger partial charge is 0.0596 e. The van der Waals surface area contributed by atoms with Crippen LogP contribution in [0.2, 0.25) is 0 Å². The third-order valence-corrected chi connectivity index (χ3v) is 2.72. The maximum Gasteiger partial charge on any atom is 0.0596 e. The second-order valence-electron chi connectivity index (χ2n) is 4.72. The van der Waals surface area contributed by atoms with Crippen LogP contribution >= 0.6 is 0 Å². The number of nitrogens with zero attached hydrogens (tertiary/aromatic N) is 2. The average Bonchev–Trinajstić information content (AvgIpc) is 2.43. The molecule has 0 amide bonds. The Morgan fingerprint density at radius 3 is 2.53 bits per heavy atom. The van der Waals surface area contributed by atoms with Gasteiger partial charge >= 0.3 is 0 Å². The zero-order valence-electron chi connectivity index (χ0n) is 10.5. The molecular weight excluding hydrogens is 186 g/mol. The van der Waals surface area contributed by atoms with E-state index < -0.39 is 0 Å². The Labute approximate surface area is 92.9 Å². The van der Waals surface area contributed by atoms with E-state index in [4.69, 9.17) is 0 Å². The number of hydrogen-bond donors (Lipinski definition) is 1. The molecule has 1 unspecified atom stereocenters. The molecule has 3 heteroatoms. The van der Waals surface area contributed by atoms with Crippen LogP contribution in [0.4, 0.5) is 0 Å². The number of aryl methyl sites for hydroxylation is 2. The van der Waals surface area contributed by atoms with Crippen molar-refractivity contribution >= 4 is 0 Å². The van der Waals surface area contributed by atoms with Crippen LogP contribution in [0.15, 0.2) is 6.07 Å². The summed E-state index contributed by atoms with van der Waals surface area (Å²) >= 11 is 0. The number of nitrogens with one attached hydrogen (secondary N) is 1. The summed E-state index contributed by atoms with van der Waals surface area (Å²) in [5, 5.41) is 7.74. The zero-order chi connectivity index (χ0) is 11.4. The van der Waals surface area contributed by atoms with Gasteiger partial charge in [0.05, 0.1) is 5.69 Å². The van der Waals surface area contributed by atoms with E-state index in [0.29, 0.717) is 6.04 Å². The van der Waals surface area contributed by atoms with Gasteiger partial charge in [-0.3, -0.25) is 4.68 Å². The van der Waals surface area contributed by atoms with Crippen molar-refractivity contribution in [2.24, 2.45) is 13.0 Å². The highest BCUT2D eigenvalue weighted by Crippen LogP contribution is 2.11. The summed E-state index contributed by atoms with van der Waals surface area (Å²) in [7, 11) is 4.06. The Morgan fingerprint density at radius 2 is 2.13 bits per heavy atom. The molecule has 1 aromatic rings. The van der Waals surface area contributed by atoms with Crippen molar-refractivity contribution in [2.75, 3.05) is 7.05 Å². The van der Waals surface area contributed by atoms with Crippen LogP contribution in [0.3, 0.4) is 0 Å². The molecule has 0 aliphatic carbocycles. The Hall–Kier alpha value is -0.830. The summed E-state index contributed by atoms with van der Waals surface area (Å²) in [6.07, 6.45) is 2.27. The lowest BCUT2D eigenvalue weighted by Crippen LogP contribution is -2.29. The molecular formula is C12H23N3. The fourth-order valence-electron chi connectivity index (χ4n) is 1.98. The van der Waals surface area contributed by atoms with Crippen LogP contribution in [-0.2, 0) is 13.5 Å². The lowest BCUT2D eigenvalue weighted by molar-refractivity contribution is 0.433. The molecule has 0 aliphatic heterocycles. The summed E-state index contributed by atoms with van der Waals surface area (Å²) in [5.41, 5.74) is 2.42. The first kappa shape index (κ1) is 12.2. The minimum absolute atomic E-state index is 0.555. The number of rotatable bonds is 5. The predicted molar refractivity (Wildman–Crippen MR) is 64.0 cm³/mol. The second kappa shape index (κ2) is 5.31. The standard InChI is InChI=1S/C12H23N3/c1-9(2)6-11(13-4)8-12-7-10(3)14-15(12)5/h7,9,11,13H,6,8H2,1-5H3. The van der Waals surface area contributed by atoms with Crippen LogP contribution in [0.1, 0.15) is 31.7 Å². The van der Waals surface area contributed by atoms with E-state index >= 15 is 0 Å². The zero-order valence-corrected chi connectivity index (χ0v) is 10.5. The molecule has 1 N–H and O–H groups in total. The molecule has 0 aliphatic rings. The fourth-order valence-corrected chi connectivity index (χ4v) is 1.98. The topological polar surface area (TPSA) is 29.9 Å². The molecule has 86 valence electrons. The highest BCUT2D eigenvalue weighted by Gasteiger charge is 2.12. The van der Waals surface area contributed by atoms with Gasteiger partial charge in [-0.15, -0.1) is 0 Å². The average molecular weight is 209 g/mol. The van der Waals surface area contributed by atoms with Gasteiger partial charge in [-0.1, -0.05) is 13.8 Å². The predicted octanol–water partition coefficient (Wildman–Crippen LogP) is 1.91. The Bertz CT molecular complexity index is 302. The summed E-state index contributed by atoms with van der Waals surface area (Å²) in [6, 6.07) is 2.73. The van der Waals surface area contributed by atoms with Crippen molar-refractivity contribution in [3.63, 3.8) is 0 Å². The Balaban J connectivity index is 2.62. The van der Waals surface area contributed by atoms with E-state index in [1.807, 2.05) is 25.7 Å². The van der Waals surface area contributed by atoms with Crippen LogP contribution in [0.5, 0.6) is 0 Å². The first-order chi connectivity index (χ1) is 7.02. The molecule has 0 saturated carbocycles. The molecule has 15 heavy (non-hydrogen) atoms. The quantitative estimate of drug-likeness (QED) is 0.802. The van der Waals surface area contributed by atoms with Gasteiger partial charge in [-0.05, 0) is 32.4 Å². The van der Waals surface area contributed by atoms with E-state index in [1.54, 1.807) is 0 Å². The summed E-state index contributed by atoms with van der Waals surface area (Å²) in [6.45, 7) is 6.57. The molecule has 3 nitrogen and oxygen atoms in total. The molecule has 1 heterocycles. The van der Waals surface area contributed by atoms with Gasteiger partial charge in [0.1, 0.15) is 0 Å². The van der Waals surface area contributed by atoms with E-state index in [9.17, 15) is 0 Å². The van der Waals surface area contributed by atoms with Crippen LogP contribution < -0.4 is 5.32 Å². The molecule has 0 fully saturated rings. The van der Waals surface area contributed by atoms with Crippen LogP contribution in [0.25, 0.3) is 0 Å². The first-order valence-electron chi connectivity index (χ1n) is 5.69. The van der Waals surface area contributed by atoms with Crippen molar-refractivity contribution in [2.45, 2.75) is 39.7 Å². The molecule has 0 spiro atoms. The maximum atomic E-state index is 4.37. The van der Waals surface area contributed by atoms with Crippen LogP contribution in [0, 0.1) is 12.8 Å². The largest absolute Gasteiger partial charge is 0.317 e. The Morgan fingerprint density at radius 1 is 1.47 bits per heavy atom. The number of hydrogen-bond acceptors (Lipinski definition) is 2. The molecule has 1 rings (SSSR count). The van der Waals surface area contributed by atoms with Gasteiger partial charge in [0.15, 0.2) is 0 Å². The van der Waals surface area contributed by atoms with E-state index in [-0.39, 0.29) is 0 Å². The fraction of sp³-hybridized carbons (Fsp3) is 0.750. The molecule has 0 saturated heterocycles. The molecule has 1 atom stereocenters. The highest BCUT2D eigenvalue weighted by atomic mass is 15.3. The minimum atomic E-state index is 0.555. The summed E-state index contributed by atoms with van der Waals surface area (Å²) < 4.78 is 1.99. The third-order valence-electron chi connectivity index (χ3n) is 2.72. The SMILES string of the molecule is CNC(Cc1cc(C)nn1C)CC(C)C. The highest BCUT2D eigenvalue weighted by molar-refractivity contribution is 5.10. The second-order valence-corrected chi connectivity index (χ2v) is 4.72. The van der Waals surface area contributed by atoms with Crippen molar-refractivity contribution in [1.82, 2.24) is 15.1 Å². The van der Waals surface area contributed by atoms with Gasteiger partial charge in [0, 0.05) is 25.2 Å². The third kappa shape index (κ3) is 3.67. The molecule has 1 aromatic heterocycles. The van der Waals surface area contributed by atoms with Crippen molar-refractivity contribution < 1.29 is 0 Å². The number of likely N-dealkylation sites (N-methyl/N-ethyl adjacent to an activating group) is 1. The van der Waals surface area contributed by atoms with Crippen molar-refractivity contribution in [3.05, 3.63) is 17.5 Å². The lowest BCUT2D eigenvalue weighted by atomic mass is 10.00.